The molecule has 0 bridgehead atoms. The number of anilines is 1. The van der Waals surface area contributed by atoms with Gasteiger partial charge in [0.1, 0.15) is 12.4 Å². The van der Waals surface area contributed by atoms with Crippen LogP contribution in [0.1, 0.15) is 41.1 Å². The van der Waals surface area contributed by atoms with Gasteiger partial charge in [0.05, 0.1) is 11.9 Å². The van der Waals surface area contributed by atoms with Crippen molar-refractivity contribution in [2.24, 2.45) is 0 Å². The van der Waals surface area contributed by atoms with Gasteiger partial charge >= 0.3 is 6.09 Å². The Morgan fingerprint density at radius 2 is 1.85 bits per heavy atom. The van der Waals surface area contributed by atoms with Gasteiger partial charge in [-0.05, 0) is 30.0 Å². The maximum Gasteiger partial charge on any atom is 0.410 e. The Hall–Kier alpha value is -4.13. The van der Waals surface area contributed by atoms with Gasteiger partial charge in [0.2, 0.25) is 0 Å². The fourth-order valence-corrected chi connectivity index (χ4v) is 4.29. The quantitative estimate of drug-likeness (QED) is 0.460. The molecule has 1 fully saturated rings. The number of aromatic nitrogens is 3. The molecule has 1 aliphatic heterocycles. The first-order valence-electron chi connectivity index (χ1n) is 11.5. The van der Waals surface area contributed by atoms with Crippen LogP contribution in [-0.2, 0) is 11.3 Å². The summed E-state index contributed by atoms with van der Waals surface area (Å²) in [4.78, 5) is 19.4. The van der Waals surface area contributed by atoms with E-state index in [4.69, 9.17) is 15.5 Å². The zero-order valence-electron chi connectivity index (χ0n) is 18.9. The fraction of sp³-hybridized carbons (Fsp3) is 0.222. The third-order valence-corrected chi connectivity index (χ3v) is 6.10. The standard InChI is InChI=1S/C27H27N5O2/c28-25-16-24(30-26-22(17-29-32(25)26)14-13-20-8-3-1-4-9-20)23-12-7-15-31(18-23)27(33)34-19-21-10-5-2-6-11-21/h1-6,8-11,13-14,16-17,23H,7,12,15,18-19,28H2. The molecule has 2 N–H and O–H groups in total. The molecule has 2 aromatic carbocycles. The fourth-order valence-electron chi connectivity index (χ4n) is 4.29. The van der Waals surface area contributed by atoms with Gasteiger partial charge in [-0.1, -0.05) is 66.7 Å². The highest BCUT2D eigenvalue weighted by Gasteiger charge is 2.27. The summed E-state index contributed by atoms with van der Waals surface area (Å²) in [6.07, 6.45) is 7.34. The van der Waals surface area contributed by atoms with Crippen LogP contribution in [0.15, 0.2) is 72.9 Å². The molecule has 4 aromatic rings. The summed E-state index contributed by atoms with van der Waals surface area (Å²) in [5.41, 5.74) is 10.9. The Kier molecular flexibility index (Phi) is 6.25. The van der Waals surface area contributed by atoms with E-state index in [0.29, 0.717) is 24.6 Å². The SMILES string of the molecule is Nc1cc(C2CCCN(C(=O)OCc3ccccc3)C2)nc2c(C=Cc3ccccc3)cnn12. The van der Waals surface area contributed by atoms with Crippen molar-refractivity contribution >= 4 is 29.7 Å². The minimum Gasteiger partial charge on any atom is -0.445 e. The second-order valence-electron chi connectivity index (χ2n) is 8.51. The minimum absolute atomic E-state index is 0.0891. The number of amides is 1. The number of hydrogen-bond donors (Lipinski definition) is 1. The number of carbonyl (C=O) groups excluding carboxylic acids is 1. The van der Waals surface area contributed by atoms with Gasteiger partial charge in [0, 0.05) is 30.6 Å². The number of carbonyl (C=O) groups is 1. The maximum absolute atomic E-state index is 12.7. The van der Waals surface area contributed by atoms with Crippen molar-refractivity contribution in [3.8, 4) is 0 Å². The van der Waals surface area contributed by atoms with Crippen molar-refractivity contribution in [1.82, 2.24) is 19.5 Å². The van der Waals surface area contributed by atoms with Crippen molar-refractivity contribution in [2.45, 2.75) is 25.4 Å². The first kappa shape index (κ1) is 21.7. The summed E-state index contributed by atoms with van der Waals surface area (Å²) in [6.45, 7) is 1.50. The summed E-state index contributed by atoms with van der Waals surface area (Å²) in [7, 11) is 0. The second kappa shape index (κ2) is 9.79. The summed E-state index contributed by atoms with van der Waals surface area (Å²) >= 11 is 0. The molecule has 0 radical (unpaired) electrons. The van der Waals surface area contributed by atoms with Crippen molar-refractivity contribution < 1.29 is 9.53 Å². The zero-order valence-corrected chi connectivity index (χ0v) is 18.9. The van der Waals surface area contributed by atoms with Crippen LogP contribution in [0.25, 0.3) is 17.8 Å². The molecule has 0 aliphatic carbocycles. The second-order valence-corrected chi connectivity index (χ2v) is 8.51. The molecule has 172 valence electrons. The lowest BCUT2D eigenvalue weighted by atomic mass is 9.94. The number of nitrogens with zero attached hydrogens (tertiary/aromatic N) is 4. The van der Waals surface area contributed by atoms with E-state index in [9.17, 15) is 4.79 Å². The van der Waals surface area contributed by atoms with Gasteiger partial charge in [-0.3, -0.25) is 0 Å². The van der Waals surface area contributed by atoms with Crippen LogP contribution in [0, 0.1) is 0 Å². The molecular weight excluding hydrogens is 426 g/mol. The number of nitrogen functional groups attached to an aromatic ring is 1. The van der Waals surface area contributed by atoms with Crippen molar-refractivity contribution in [3.63, 3.8) is 0 Å². The lowest BCUT2D eigenvalue weighted by Gasteiger charge is -2.31. The predicted molar refractivity (Wildman–Crippen MR) is 133 cm³/mol. The minimum atomic E-state index is -0.293. The molecule has 1 aliphatic rings. The number of hydrogen-bond acceptors (Lipinski definition) is 5. The van der Waals surface area contributed by atoms with Gasteiger partial charge in [0.25, 0.3) is 0 Å². The molecule has 34 heavy (non-hydrogen) atoms. The number of piperidine rings is 1. The molecule has 0 saturated carbocycles. The third kappa shape index (κ3) is 4.78. The van der Waals surface area contributed by atoms with Crippen molar-refractivity contribution in [2.75, 3.05) is 18.8 Å². The predicted octanol–water partition coefficient (Wildman–Crippen LogP) is 5.00. The van der Waals surface area contributed by atoms with E-state index >= 15 is 0 Å². The molecule has 0 spiro atoms. The summed E-state index contributed by atoms with van der Waals surface area (Å²) in [5, 5.41) is 4.41. The molecule has 2 aromatic heterocycles. The number of fused-ring (bicyclic) bond motifs is 1. The van der Waals surface area contributed by atoms with Gasteiger partial charge < -0.3 is 15.4 Å². The van der Waals surface area contributed by atoms with E-state index in [0.717, 1.165) is 35.2 Å². The van der Waals surface area contributed by atoms with Gasteiger partial charge in [-0.15, -0.1) is 0 Å². The Balaban J connectivity index is 1.33. The Bertz CT molecular complexity index is 1300. The average molecular weight is 454 g/mol. The maximum atomic E-state index is 12.7. The summed E-state index contributed by atoms with van der Waals surface area (Å²) < 4.78 is 7.20. The van der Waals surface area contributed by atoms with Crippen LogP contribution in [0.4, 0.5) is 10.6 Å². The Labute approximate surface area is 198 Å². The largest absolute Gasteiger partial charge is 0.445 e. The zero-order chi connectivity index (χ0) is 23.3. The number of nitrogens with two attached hydrogens (primary N) is 1. The average Bonchev–Trinajstić information content (AvgIpc) is 3.31. The van der Waals surface area contributed by atoms with E-state index in [2.05, 4.69) is 5.10 Å². The Morgan fingerprint density at radius 1 is 1.09 bits per heavy atom. The third-order valence-electron chi connectivity index (χ3n) is 6.10. The van der Waals surface area contributed by atoms with Crippen LogP contribution >= 0.6 is 0 Å². The molecule has 3 heterocycles. The van der Waals surface area contributed by atoms with Crippen LogP contribution in [0.5, 0.6) is 0 Å². The smallest absolute Gasteiger partial charge is 0.410 e. The number of ether oxygens (including phenoxy) is 1. The van der Waals surface area contributed by atoms with E-state index in [1.165, 1.54) is 0 Å². The van der Waals surface area contributed by atoms with E-state index < -0.39 is 0 Å². The topological polar surface area (TPSA) is 85.8 Å². The highest BCUT2D eigenvalue weighted by molar-refractivity contribution is 5.76. The molecule has 7 nitrogen and oxygen atoms in total. The molecule has 1 atom stereocenters. The highest BCUT2D eigenvalue weighted by Crippen LogP contribution is 2.28. The molecule has 1 amide bonds. The lowest BCUT2D eigenvalue weighted by Crippen LogP contribution is -2.39. The molecule has 7 heteroatoms. The molecule has 1 unspecified atom stereocenters. The lowest BCUT2D eigenvalue weighted by molar-refractivity contribution is 0.0856. The van der Waals surface area contributed by atoms with E-state index in [-0.39, 0.29) is 18.6 Å². The van der Waals surface area contributed by atoms with Crippen LogP contribution in [0.2, 0.25) is 0 Å². The first-order valence-corrected chi connectivity index (χ1v) is 11.5. The van der Waals surface area contributed by atoms with Crippen LogP contribution < -0.4 is 5.73 Å². The first-order chi connectivity index (χ1) is 16.7. The van der Waals surface area contributed by atoms with Crippen LogP contribution in [-0.4, -0.2) is 38.7 Å². The number of likely N-dealkylation sites (tertiary alicyclic amines) is 1. The molecule has 5 rings (SSSR count). The molecular formula is C27H27N5O2. The normalized spacial score (nSPS) is 16.2. The molecule has 1 saturated heterocycles. The van der Waals surface area contributed by atoms with Gasteiger partial charge in [-0.25, -0.2) is 9.78 Å². The Morgan fingerprint density at radius 3 is 2.65 bits per heavy atom. The van der Waals surface area contributed by atoms with Gasteiger partial charge in [0.15, 0.2) is 5.65 Å². The van der Waals surface area contributed by atoms with Crippen molar-refractivity contribution in [1.29, 1.82) is 0 Å². The van der Waals surface area contributed by atoms with Gasteiger partial charge in [-0.2, -0.15) is 9.61 Å². The summed E-state index contributed by atoms with van der Waals surface area (Å²) in [6, 6.07) is 21.7. The van der Waals surface area contributed by atoms with Crippen LogP contribution in [0.3, 0.4) is 0 Å². The van der Waals surface area contributed by atoms with E-state index in [1.54, 1.807) is 15.6 Å². The number of rotatable bonds is 5. The van der Waals surface area contributed by atoms with Crippen molar-refractivity contribution in [3.05, 3.63) is 95.3 Å². The summed E-state index contributed by atoms with van der Waals surface area (Å²) in [5.74, 6) is 0.620. The highest BCUT2D eigenvalue weighted by atomic mass is 16.6. The monoisotopic (exact) mass is 453 g/mol. The number of benzene rings is 2. The van der Waals surface area contributed by atoms with E-state index in [1.807, 2.05) is 78.9 Å².